The highest BCUT2D eigenvalue weighted by Crippen LogP contribution is 2.11. The van der Waals surface area contributed by atoms with Gasteiger partial charge in [0.05, 0.1) is 6.54 Å². The molecule has 1 saturated heterocycles. The van der Waals surface area contributed by atoms with Crippen molar-refractivity contribution in [1.82, 2.24) is 15.0 Å². The van der Waals surface area contributed by atoms with E-state index in [-0.39, 0.29) is 18.4 Å². The lowest BCUT2D eigenvalue weighted by Gasteiger charge is -2.30. The third-order valence-corrected chi connectivity index (χ3v) is 4.96. The van der Waals surface area contributed by atoms with Crippen LogP contribution >= 0.6 is 0 Å². The Kier molecular flexibility index (Phi) is 9.31. The SMILES string of the molecule is CCCCCCC(=O)N(CCN1CCCCC1)CC(=O)Nc1cc(C)on1. The topological polar surface area (TPSA) is 78.7 Å². The Balaban J connectivity index is 1.86. The highest BCUT2D eigenvalue weighted by atomic mass is 16.5. The Morgan fingerprint density at radius 1 is 1.22 bits per heavy atom. The maximum atomic E-state index is 12.7. The summed E-state index contributed by atoms with van der Waals surface area (Å²) < 4.78 is 4.97. The Morgan fingerprint density at radius 2 is 2.00 bits per heavy atom. The first kappa shape index (κ1) is 21.4. The van der Waals surface area contributed by atoms with Crippen molar-refractivity contribution in [3.05, 3.63) is 11.8 Å². The van der Waals surface area contributed by atoms with Gasteiger partial charge in [0.2, 0.25) is 11.8 Å². The largest absolute Gasteiger partial charge is 0.360 e. The van der Waals surface area contributed by atoms with Crippen LogP contribution in [0.3, 0.4) is 0 Å². The molecule has 1 aromatic heterocycles. The third kappa shape index (κ3) is 8.12. The van der Waals surface area contributed by atoms with Crippen LogP contribution in [0.4, 0.5) is 5.82 Å². The molecule has 2 heterocycles. The third-order valence-electron chi connectivity index (χ3n) is 4.96. The lowest BCUT2D eigenvalue weighted by Crippen LogP contribution is -2.43. The minimum Gasteiger partial charge on any atom is -0.360 e. The molecule has 0 aromatic carbocycles. The van der Waals surface area contributed by atoms with Crippen molar-refractivity contribution >= 4 is 17.6 Å². The Hall–Kier alpha value is -1.89. The summed E-state index contributed by atoms with van der Waals surface area (Å²) in [5, 5.41) is 6.49. The molecule has 0 spiro atoms. The van der Waals surface area contributed by atoms with E-state index in [1.54, 1.807) is 17.9 Å². The number of hydrogen-bond donors (Lipinski definition) is 1. The van der Waals surface area contributed by atoms with E-state index in [1.807, 2.05) is 0 Å². The Morgan fingerprint density at radius 3 is 2.67 bits per heavy atom. The van der Waals surface area contributed by atoms with Crippen molar-refractivity contribution in [1.29, 1.82) is 0 Å². The number of nitrogens with zero attached hydrogens (tertiary/aromatic N) is 3. The van der Waals surface area contributed by atoms with E-state index >= 15 is 0 Å². The van der Waals surface area contributed by atoms with E-state index in [0.717, 1.165) is 45.3 Å². The first-order valence-corrected chi connectivity index (χ1v) is 10.3. The molecule has 7 nitrogen and oxygen atoms in total. The molecule has 27 heavy (non-hydrogen) atoms. The number of piperidine rings is 1. The van der Waals surface area contributed by atoms with Crippen molar-refractivity contribution in [3.63, 3.8) is 0 Å². The minimum absolute atomic E-state index is 0.0619. The van der Waals surface area contributed by atoms with Crippen LogP contribution in [0.1, 0.15) is 64.1 Å². The number of anilines is 1. The number of likely N-dealkylation sites (tertiary alicyclic amines) is 1. The average molecular weight is 379 g/mol. The molecule has 0 aliphatic carbocycles. The summed E-state index contributed by atoms with van der Waals surface area (Å²) in [5.41, 5.74) is 0. The second-order valence-corrected chi connectivity index (χ2v) is 7.40. The summed E-state index contributed by atoms with van der Waals surface area (Å²) in [6.07, 6.45) is 8.48. The molecule has 0 unspecified atom stereocenters. The molecule has 0 radical (unpaired) electrons. The first-order valence-electron chi connectivity index (χ1n) is 10.3. The Labute approximate surface area is 162 Å². The van der Waals surface area contributed by atoms with Crippen molar-refractivity contribution < 1.29 is 14.1 Å². The molecule has 2 amide bonds. The zero-order valence-electron chi connectivity index (χ0n) is 16.8. The maximum absolute atomic E-state index is 12.7. The quantitative estimate of drug-likeness (QED) is 0.598. The highest BCUT2D eigenvalue weighted by Gasteiger charge is 2.19. The van der Waals surface area contributed by atoms with Crippen molar-refractivity contribution in [2.75, 3.05) is 38.0 Å². The van der Waals surface area contributed by atoms with Crippen molar-refractivity contribution in [2.45, 2.75) is 65.2 Å². The van der Waals surface area contributed by atoms with Crippen LogP contribution < -0.4 is 5.32 Å². The van der Waals surface area contributed by atoms with Gasteiger partial charge < -0.3 is 19.6 Å². The van der Waals surface area contributed by atoms with Gasteiger partial charge in [0, 0.05) is 25.6 Å². The molecule has 1 N–H and O–H groups in total. The Bertz CT molecular complexity index is 582. The van der Waals surface area contributed by atoms with E-state index in [4.69, 9.17) is 4.52 Å². The highest BCUT2D eigenvalue weighted by molar-refractivity contribution is 5.93. The van der Waals surface area contributed by atoms with Gasteiger partial charge in [-0.25, -0.2) is 0 Å². The summed E-state index contributed by atoms with van der Waals surface area (Å²) in [6.45, 7) is 7.59. The normalized spacial score (nSPS) is 14.9. The van der Waals surface area contributed by atoms with Gasteiger partial charge in [-0.15, -0.1) is 0 Å². The molecule has 0 bridgehead atoms. The summed E-state index contributed by atoms with van der Waals surface area (Å²) in [7, 11) is 0. The fourth-order valence-electron chi connectivity index (χ4n) is 3.38. The number of carbonyl (C=O) groups is 2. The number of carbonyl (C=O) groups excluding carboxylic acids is 2. The van der Waals surface area contributed by atoms with Crippen LogP contribution in [0.5, 0.6) is 0 Å². The number of hydrogen-bond acceptors (Lipinski definition) is 5. The fourth-order valence-corrected chi connectivity index (χ4v) is 3.38. The lowest BCUT2D eigenvalue weighted by atomic mass is 10.1. The molecule has 7 heteroatoms. The molecular weight excluding hydrogens is 344 g/mol. The summed E-state index contributed by atoms with van der Waals surface area (Å²) in [4.78, 5) is 29.1. The maximum Gasteiger partial charge on any atom is 0.245 e. The smallest absolute Gasteiger partial charge is 0.245 e. The van der Waals surface area contributed by atoms with Gasteiger partial charge in [0.25, 0.3) is 0 Å². The van der Waals surface area contributed by atoms with E-state index in [9.17, 15) is 9.59 Å². The standard InChI is InChI=1S/C20H34N4O3/c1-3-4-5-7-10-20(26)24(14-13-23-11-8-6-9-12-23)16-19(25)21-18-15-17(2)27-22-18/h15H,3-14,16H2,1-2H3,(H,21,22,25). The number of unbranched alkanes of at least 4 members (excludes halogenated alkanes) is 3. The van der Waals surface area contributed by atoms with E-state index < -0.39 is 0 Å². The number of rotatable bonds is 11. The number of amides is 2. The molecule has 1 fully saturated rings. The molecule has 1 aliphatic rings. The van der Waals surface area contributed by atoms with Crippen LogP contribution in [-0.4, -0.2) is 59.5 Å². The predicted molar refractivity (Wildman–Crippen MR) is 105 cm³/mol. The van der Waals surface area contributed by atoms with Gasteiger partial charge in [-0.05, 0) is 39.3 Å². The minimum atomic E-state index is -0.233. The van der Waals surface area contributed by atoms with Gasteiger partial charge in [0.1, 0.15) is 5.76 Å². The molecule has 0 atom stereocenters. The number of nitrogens with one attached hydrogen (secondary N) is 1. The molecule has 1 aliphatic heterocycles. The second kappa shape index (κ2) is 11.7. The molecule has 152 valence electrons. The summed E-state index contributed by atoms with van der Waals surface area (Å²) in [5.74, 6) is 0.863. The fraction of sp³-hybridized carbons (Fsp3) is 0.750. The van der Waals surface area contributed by atoms with Crippen LogP contribution in [0, 0.1) is 6.92 Å². The zero-order chi connectivity index (χ0) is 19.5. The van der Waals surface area contributed by atoms with E-state index in [0.29, 0.717) is 24.5 Å². The van der Waals surface area contributed by atoms with Gasteiger partial charge in [-0.3, -0.25) is 9.59 Å². The first-order chi connectivity index (χ1) is 13.1. The van der Waals surface area contributed by atoms with Crippen LogP contribution in [0.15, 0.2) is 10.6 Å². The molecule has 2 rings (SSSR count). The summed E-state index contributed by atoms with van der Waals surface area (Å²) in [6, 6.07) is 1.67. The van der Waals surface area contributed by atoms with Crippen molar-refractivity contribution in [2.24, 2.45) is 0 Å². The molecular formula is C20H34N4O3. The average Bonchev–Trinajstić information content (AvgIpc) is 3.07. The van der Waals surface area contributed by atoms with Crippen LogP contribution in [0.25, 0.3) is 0 Å². The van der Waals surface area contributed by atoms with Gasteiger partial charge in [-0.2, -0.15) is 0 Å². The zero-order valence-corrected chi connectivity index (χ0v) is 16.8. The summed E-state index contributed by atoms with van der Waals surface area (Å²) >= 11 is 0. The van der Waals surface area contributed by atoms with E-state index in [2.05, 4.69) is 22.3 Å². The monoisotopic (exact) mass is 378 g/mol. The van der Waals surface area contributed by atoms with E-state index in [1.165, 1.54) is 19.3 Å². The molecule has 1 aromatic rings. The predicted octanol–water partition coefficient (Wildman–Crippen LogP) is 3.21. The van der Waals surface area contributed by atoms with Gasteiger partial charge >= 0.3 is 0 Å². The van der Waals surface area contributed by atoms with Gasteiger partial charge in [0.15, 0.2) is 5.82 Å². The number of aryl methyl sites for hydroxylation is 1. The van der Waals surface area contributed by atoms with Gasteiger partial charge in [-0.1, -0.05) is 37.8 Å². The van der Waals surface area contributed by atoms with Crippen LogP contribution in [0.2, 0.25) is 0 Å². The number of aromatic nitrogens is 1. The second-order valence-electron chi connectivity index (χ2n) is 7.40. The lowest BCUT2D eigenvalue weighted by molar-refractivity contribution is -0.135. The van der Waals surface area contributed by atoms with Crippen molar-refractivity contribution in [3.8, 4) is 0 Å². The molecule has 0 saturated carbocycles. The van der Waals surface area contributed by atoms with Crippen LogP contribution in [-0.2, 0) is 9.59 Å².